The number of nitrogens with one attached hydrogen (secondary N) is 2. The summed E-state index contributed by atoms with van der Waals surface area (Å²) in [5.41, 5.74) is 8.04. The largest absolute Gasteiger partial charge is 0.362 e. The molecule has 1 saturated heterocycles. The summed E-state index contributed by atoms with van der Waals surface area (Å²) in [7, 11) is -4.27. The number of carbonyl (C=O) groups is 1. The lowest BCUT2D eigenvalue weighted by Crippen LogP contribution is -2.41. The van der Waals surface area contributed by atoms with Crippen LogP contribution in [0.2, 0.25) is 0 Å². The number of hydrogen-bond donors (Lipinski definition) is 3. The van der Waals surface area contributed by atoms with E-state index in [1.807, 2.05) is 12.1 Å². The predicted molar refractivity (Wildman–Crippen MR) is 159 cm³/mol. The van der Waals surface area contributed by atoms with Gasteiger partial charge in [0.1, 0.15) is 11.6 Å². The highest BCUT2D eigenvalue weighted by molar-refractivity contribution is 7.90. The molecular formula is C30H39N7O3S. The summed E-state index contributed by atoms with van der Waals surface area (Å²) in [5.74, 6) is 0.476. The lowest BCUT2D eigenvalue weighted by Gasteiger charge is -2.34. The molecule has 41 heavy (non-hydrogen) atoms. The Morgan fingerprint density at radius 2 is 1.85 bits per heavy atom. The molecule has 2 aliphatic rings. The zero-order valence-electron chi connectivity index (χ0n) is 24.3. The zero-order valence-corrected chi connectivity index (χ0v) is 25.1. The molecule has 0 spiro atoms. The molecule has 2 atom stereocenters. The fourth-order valence-electron chi connectivity index (χ4n) is 5.71. The van der Waals surface area contributed by atoms with Crippen molar-refractivity contribution in [3.63, 3.8) is 0 Å². The summed E-state index contributed by atoms with van der Waals surface area (Å²) in [5, 5.41) is 3.15. The van der Waals surface area contributed by atoms with E-state index in [9.17, 15) is 13.2 Å². The number of anilines is 2. The molecule has 218 valence electrons. The smallest absolute Gasteiger partial charge is 0.281 e. The first-order chi connectivity index (χ1) is 19.3. The molecule has 3 aromatic heterocycles. The third-order valence-corrected chi connectivity index (χ3v) is 9.19. The highest BCUT2D eigenvalue weighted by Crippen LogP contribution is 2.41. The first-order valence-corrected chi connectivity index (χ1v) is 15.5. The van der Waals surface area contributed by atoms with Crippen molar-refractivity contribution in [2.75, 3.05) is 16.8 Å². The third kappa shape index (κ3) is 6.06. The first-order valence-electron chi connectivity index (χ1n) is 14.0. The summed E-state index contributed by atoms with van der Waals surface area (Å²) in [4.78, 5) is 29.7. The Morgan fingerprint density at radius 3 is 2.54 bits per heavy atom. The molecular weight excluding hydrogens is 538 g/mol. The highest BCUT2D eigenvalue weighted by atomic mass is 32.2. The molecule has 4 bridgehead atoms. The fraction of sp³-hybridized carbons (Fsp3) is 0.467. The van der Waals surface area contributed by atoms with E-state index < -0.39 is 15.9 Å². The van der Waals surface area contributed by atoms with Crippen LogP contribution in [0.3, 0.4) is 0 Å². The molecule has 1 unspecified atom stereocenters. The number of pyridine rings is 3. The molecule has 10 nitrogen and oxygen atoms in total. The molecule has 0 aliphatic carbocycles. The number of amides is 1. The Hall–Kier alpha value is -3.57. The lowest BCUT2D eigenvalue weighted by molar-refractivity contribution is 0.0981. The van der Waals surface area contributed by atoms with E-state index in [0.717, 1.165) is 36.2 Å². The van der Waals surface area contributed by atoms with Crippen molar-refractivity contribution in [3.05, 3.63) is 71.2 Å². The van der Waals surface area contributed by atoms with E-state index in [1.165, 1.54) is 6.07 Å². The van der Waals surface area contributed by atoms with Gasteiger partial charge in [-0.15, -0.1) is 0 Å². The average Bonchev–Trinajstić information content (AvgIpc) is 3.23. The van der Waals surface area contributed by atoms with Crippen LogP contribution in [0.1, 0.15) is 87.2 Å². The Bertz CT molecular complexity index is 1550. The van der Waals surface area contributed by atoms with E-state index in [-0.39, 0.29) is 27.6 Å². The minimum atomic E-state index is -4.27. The lowest BCUT2D eigenvalue weighted by atomic mass is 9.90. The monoisotopic (exact) mass is 577 g/mol. The molecule has 1 amide bonds. The van der Waals surface area contributed by atoms with Crippen LogP contribution in [0.25, 0.3) is 0 Å². The summed E-state index contributed by atoms with van der Waals surface area (Å²) in [6.45, 7) is 11.6. The second kappa shape index (κ2) is 10.7. The number of nitrogens with two attached hydrogens (primary N) is 1. The molecule has 4 N–H and O–H groups in total. The second-order valence-electron chi connectivity index (χ2n) is 12.7. The van der Waals surface area contributed by atoms with E-state index >= 15 is 0 Å². The SMILES string of the molecule is CC(C)(C)c1ccc2c(n1)N1C[C@@H](CCC(c3ccc(CN)cn3)Nc3cccc(n3)S(=O)(=O)NC2=O)CC1(C)C. The van der Waals surface area contributed by atoms with Crippen molar-refractivity contribution in [2.24, 2.45) is 11.7 Å². The summed E-state index contributed by atoms with van der Waals surface area (Å²) >= 11 is 0. The normalized spacial score (nSPS) is 22.1. The van der Waals surface area contributed by atoms with Crippen LogP contribution in [-0.2, 0) is 22.0 Å². The van der Waals surface area contributed by atoms with Crippen LogP contribution in [0.15, 0.2) is 53.7 Å². The van der Waals surface area contributed by atoms with E-state index in [2.05, 4.69) is 59.5 Å². The number of rotatable bonds is 2. The number of fused-ring (bicyclic) bond motifs is 6. The minimum absolute atomic E-state index is 0.206. The van der Waals surface area contributed by atoms with Gasteiger partial charge in [0.25, 0.3) is 15.9 Å². The molecule has 5 rings (SSSR count). The third-order valence-electron chi connectivity index (χ3n) is 7.96. The van der Waals surface area contributed by atoms with Crippen LogP contribution in [0, 0.1) is 5.92 Å². The number of sulfonamides is 1. The Morgan fingerprint density at radius 1 is 1.07 bits per heavy atom. The van der Waals surface area contributed by atoms with E-state index in [1.54, 1.807) is 30.5 Å². The molecule has 0 aromatic carbocycles. The first kappa shape index (κ1) is 28.9. The Labute approximate surface area is 242 Å². The van der Waals surface area contributed by atoms with Gasteiger partial charge in [-0.25, -0.2) is 14.7 Å². The van der Waals surface area contributed by atoms with Gasteiger partial charge in [0, 0.05) is 35.9 Å². The van der Waals surface area contributed by atoms with E-state index in [0.29, 0.717) is 30.6 Å². The van der Waals surface area contributed by atoms with Crippen LogP contribution in [0.4, 0.5) is 11.6 Å². The molecule has 1 fully saturated rings. The summed E-state index contributed by atoms with van der Waals surface area (Å²) in [6, 6.07) is 11.9. The zero-order chi connectivity index (χ0) is 29.6. The molecule has 2 aliphatic heterocycles. The topological polar surface area (TPSA) is 143 Å². The summed E-state index contributed by atoms with van der Waals surface area (Å²) in [6.07, 6.45) is 4.30. The molecule has 0 radical (unpaired) electrons. The second-order valence-corrected chi connectivity index (χ2v) is 14.3. The predicted octanol–water partition coefficient (Wildman–Crippen LogP) is 4.30. The van der Waals surface area contributed by atoms with Crippen molar-refractivity contribution in [3.8, 4) is 0 Å². The van der Waals surface area contributed by atoms with Gasteiger partial charge in [0.2, 0.25) is 0 Å². The van der Waals surface area contributed by atoms with Gasteiger partial charge in [-0.2, -0.15) is 8.42 Å². The molecule has 3 aromatic rings. The number of nitrogens with zero attached hydrogens (tertiary/aromatic N) is 4. The average molecular weight is 578 g/mol. The van der Waals surface area contributed by atoms with Gasteiger partial charge in [-0.1, -0.05) is 32.9 Å². The summed E-state index contributed by atoms with van der Waals surface area (Å²) < 4.78 is 29.0. The van der Waals surface area contributed by atoms with Gasteiger partial charge >= 0.3 is 0 Å². The van der Waals surface area contributed by atoms with Gasteiger partial charge in [0.05, 0.1) is 17.3 Å². The van der Waals surface area contributed by atoms with Gasteiger partial charge in [0.15, 0.2) is 5.03 Å². The van der Waals surface area contributed by atoms with Gasteiger partial charge < -0.3 is 16.0 Å². The Balaban J connectivity index is 1.61. The van der Waals surface area contributed by atoms with Crippen LogP contribution in [-0.4, -0.2) is 41.4 Å². The molecule has 11 heteroatoms. The Kier molecular flexibility index (Phi) is 7.54. The van der Waals surface area contributed by atoms with Gasteiger partial charge in [-0.3, -0.25) is 9.78 Å². The fourth-order valence-corrected chi connectivity index (χ4v) is 6.65. The maximum absolute atomic E-state index is 13.6. The number of carbonyl (C=O) groups excluding carboxylic acids is 1. The van der Waals surface area contributed by atoms with Crippen molar-refractivity contribution in [2.45, 2.75) is 82.4 Å². The van der Waals surface area contributed by atoms with Crippen molar-refractivity contribution >= 4 is 27.6 Å². The number of hydrogen-bond acceptors (Lipinski definition) is 9. The van der Waals surface area contributed by atoms with Crippen molar-refractivity contribution in [1.29, 1.82) is 0 Å². The molecule has 5 heterocycles. The molecule has 0 saturated carbocycles. The minimum Gasteiger partial charge on any atom is -0.362 e. The number of aromatic nitrogens is 3. The van der Waals surface area contributed by atoms with Crippen LogP contribution in [0.5, 0.6) is 0 Å². The van der Waals surface area contributed by atoms with Crippen molar-refractivity contribution in [1.82, 2.24) is 19.7 Å². The van der Waals surface area contributed by atoms with Gasteiger partial charge in [-0.05, 0) is 74.9 Å². The highest BCUT2D eigenvalue weighted by Gasteiger charge is 2.41. The van der Waals surface area contributed by atoms with Crippen LogP contribution >= 0.6 is 0 Å². The standard InChI is InChI=1S/C30H39N7O3S/c1-29(2,3)24-14-11-21-27(34-24)37-18-19(15-30(37,4)5)9-13-23(22-12-10-20(16-31)17-32-22)33-25-7-6-8-26(35-25)41(39,40)36-28(21)38/h6-8,10-12,14,17,19,23H,9,13,15-16,18,31H2,1-5H3,(H,33,35)(H,36,38)/t19-,23?/m0/s1. The van der Waals surface area contributed by atoms with Crippen LogP contribution < -0.4 is 20.7 Å². The quantitative estimate of drug-likeness (QED) is 0.406. The van der Waals surface area contributed by atoms with Crippen molar-refractivity contribution < 1.29 is 13.2 Å². The maximum atomic E-state index is 13.6. The van der Waals surface area contributed by atoms with E-state index in [4.69, 9.17) is 10.7 Å². The maximum Gasteiger partial charge on any atom is 0.281 e.